The first-order valence-corrected chi connectivity index (χ1v) is 5.90. The summed E-state index contributed by atoms with van der Waals surface area (Å²) in [5.41, 5.74) is 1.75. The van der Waals surface area contributed by atoms with Crippen molar-refractivity contribution >= 4 is 5.97 Å². The lowest BCUT2D eigenvalue weighted by Gasteiger charge is -2.23. The molecule has 0 radical (unpaired) electrons. The minimum Gasteiger partial charge on any atom is -0.466 e. The van der Waals surface area contributed by atoms with Crippen LogP contribution in [0.4, 0.5) is 0 Å². The van der Waals surface area contributed by atoms with E-state index >= 15 is 0 Å². The second-order valence-corrected chi connectivity index (χ2v) is 4.14. The van der Waals surface area contributed by atoms with Crippen molar-refractivity contribution in [2.24, 2.45) is 0 Å². The van der Waals surface area contributed by atoms with Crippen LogP contribution < -0.4 is 0 Å². The molecule has 0 spiro atoms. The maximum atomic E-state index is 11.4. The Hall–Kier alpha value is -1.97. The average Bonchev–Trinajstić information content (AvgIpc) is 2.78. The first kappa shape index (κ1) is 12.5. The van der Waals surface area contributed by atoms with E-state index < -0.39 is 5.79 Å². The molecule has 1 heterocycles. The van der Waals surface area contributed by atoms with Crippen LogP contribution in [-0.2, 0) is 31.2 Å². The number of hydrogen-bond acceptors (Lipinski definition) is 4. The second-order valence-electron chi connectivity index (χ2n) is 4.14. The van der Waals surface area contributed by atoms with Gasteiger partial charge in [0.1, 0.15) is 12.5 Å². The number of carbonyl (C=O) groups excluding carboxylic acids is 1. The first-order chi connectivity index (χ1) is 8.64. The third-order valence-corrected chi connectivity index (χ3v) is 2.75. The van der Waals surface area contributed by atoms with Crippen molar-refractivity contribution in [3.8, 4) is 0 Å². The molecule has 0 fully saturated rings. The molecule has 18 heavy (non-hydrogen) atoms. The van der Waals surface area contributed by atoms with Crippen molar-refractivity contribution in [2.45, 2.75) is 26.1 Å². The van der Waals surface area contributed by atoms with Gasteiger partial charge in [0.15, 0.2) is 0 Å². The molecule has 1 aromatic carbocycles. The Morgan fingerprint density at radius 2 is 2.06 bits per heavy atom. The van der Waals surface area contributed by atoms with Gasteiger partial charge in [-0.2, -0.15) is 0 Å². The van der Waals surface area contributed by atoms with Crippen molar-refractivity contribution in [3.63, 3.8) is 0 Å². The molecule has 1 aliphatic heterocycles. The van der Waals surface area contributed by atoms with E-state index in [4.69, 9.17) is 14.2 Å². The molecule has 0 aliphatic carbocycles. The summed E-state index contributed by atoms with van der Waals surface area (Å²) in [6, 6.07) is 7.55. The van der Waals surface area contributed by atoms with E-state index in [1.165, 1.54) is 12.5 Å². The van der Waals surface area contributed by atoms with Crippen LogP contribution >= 0.6 is 0 Å². The Morgan fingerprint density at radius 1 is 1.33 bits per heavy atom. The number of benzene rings is 1. The van der Waals surface area contributed by atoms with Crippen molar-refractivity contribution in [3.05, 3.63) is 47.9 Å². The molecule has 96 valence electrons. The number of esters is 1. The highest BCUT2D eigenvalue weighted by Crippen LogP contribution is 2.31. The zero-order chi connectivity index (χ0) is 13.0. The molecule has 2 rings (SSSR count). The standard InChI is InChI=1S/C14H16O4/c1-3-16-13(15)10-11-5-4-6-12(9-11)14(2)17-7-8-18-14/h4-9H,3,10H2,1-2H3. The normalized spacial score (nSPS) is 15.9. The minimum atomic E-state index is -0.801. The minimum absolute atomic E-state index is 0.230. The van der Waals surface area contributed by atoms with Gasteiger partial charge >= 0.3 is 5.97 Å². The summed E-state index contributed by atoms with van der Waals surface area (Å²) >= 11 is 0. The molecule has 0 atom stereocenters. The Balaban J connectivity index is 2.12. The van der Waals surface area contributed by atoms with Gasteiger partial charge in [-0.05, 0) is 18.6 Å². The van der Waals surface area contributed by atoms with E-state index in [1.807, 2.05) is 31.2 Å². The molecule has 1 aliphatic rings. The van der Waals surface area contributed by atoms with Crippen LogP contribution in [-0.4, -0.2) is 12.6 Å². The molecule has 0 aromatic heterocycles. The lowest BCUT2D eigenvalue weighted by molar-refractivity contribution is -0.142. The molecule has 0 N–H and O–H groups in total. The topological polar surface area (TPSA) is 44.8 Å². The Bertz CT molecular complexity index is 457. The summed E-state index contributed by atoms with van der Waals surface area (Å²) in [4.78, 5) is 11.4. The highest BCUT2D eigenvalue weighted by molar-refractivity contribution is 5.72. The molecule has 0 saturated carbocycles. The maximum absolute atomic E-state index is 11.4. The van der Waals surface area contributed by atoms with Crippen molar-refractivity contribution in [1.29, 1.82) is 0 Å². The molecule has 4 heteroatoms. The fourth-order valence-corrected chi connectivity index (χ4v) is 1.82. The van der Waals surface area contributed by atoms with Gasteiger partial charge in [0.05, 0.1) is 13.0 Å². The number of hydrogen-bond donors (Lipinski definition) is 0. The van der Waals surface area contributed by atoms with E-state index in [9.17, 15) is 4.79 Å². The monoisotopic (exact) mass is 248 g/mol. The Labute approximate surface area is 106 Å². The number of rotatable bonds is 4. The Morgan fingerprint density at radius 3 is 2.72 bits per heavy atom. The summed E-state index contributed by atoms with van der Waals surface area (Å²) in [5, 5.41) is 0. The van der Waals surface area contributed by atoms with Gasteiger partial charge in [0, 0.05) is 12.5 Å². The predicted molar refractivity (Wildman–Crippen MR) is 65.4 cm³/mol. The zero-order valence-corrected chi connectivity index (χ0v) is 10.5. The first-order valence-electron chi connectivity index (χ1n) is 5.90. The molecule has 0 unspecified atom stereocenters. The number of ether oxygens (including phenoxy) is 3. The van der Waals surface area contributed by atoms with Crippen LogP contribution in [0.25, 0.3) is 0 Å². The largest absolute Gasteiger partial charge is 0.466 e. The zero-order valence-electron chi connectivity index (χ0n) is 10.5. The molecule has 0 saturated heterocycles. The van der Waals surface area contributed by atoms with Gasteiger partial charge in [0.25, 0.3) is 5.79 Å². The maximum Gasteiger partial charge on any atom is 0.310 e. The average molecular weight is 248 g/mol. The van der Waals surface area contributed by atoms with Crippen molar-refractivity contribution in [1.82, 2.24) is 0 Å². The summed E-state index contributed by atoms with van der Waals surface area (Å²) in [6.07, 6.45) is 3.28. The van der Waals surface area contributed by atoms with E-state index in [0.717, 1.165) is 11.1 Å². The van der Waals surface area contributed by atoms with Crippen molar-refractivity contribution in [2.75, 3.05) is 6.61 Å². The van der Waals surface area contributed by atoms with Gasteiger partial charge in [-0.25, -0.2) is 0 Å². The molecule has 0 amide bonds. The molecular weight excluding hydrogens is 232 g/mol. The quantitative estimate of drug-likeness (QED) is 0.768. The molecule has 4 nitrogen and oxygen atoms in total. The van der Waals surface area contributed by atoms with Crippen LogP contribution in [0.2, 0.25) is 0 Å². The third-order valence-electron chi connectivity index (χ3n) is 2.75. The lowest BCUT2D eigenvalue weighted by Crippen LogP contribution is -2.22. The van der Waals surface area contributed by atoms with E-state index in [-0.39, 0.29) is 12.4 Å². The molecule has 0 bridgehead atoms. The molecule has 1 aromatic rings. The highest BCUT2D eigenvalue weighted by atomic mass is 16.7. The third kappa shape index (κ3) is 2.64. The summed E-state index contributed by atoms with van der Waals surface area (Å²) in [6.45, 7) is 4.02. The van der Waals surface area contributed by atoms with Gasteiger partial charge in [-0.1, -0.05) is 18.2 Å². The smallest absolute Gasteiger partial charge is 0.310 e. The van der Waals surface area contributed by atoms with Crippen LogP contribution in [0.3, 0.4) is 0 Å². The van der Waals surface area contributed by atoms with Crippen LogP contribution in [0.5, 0.6) is 0 Å². The lowest BCUT2D eigenvalue weighted by atomic mass is 10.0. The predicted octanol–water partition coefficient (Wildman–Crippen LogP) is 2.48. The SMILES string of the molecule is CCOC(=O)Cc1cccc(C2(C)OC=CO2)c1. The van der Waals surface area contributed by atoms with Gasteiger partial charge in [-0.15, -0.1) is 0 Å². The van der Waals surface area contributed by atoms with Crippen LogP contribution in [0, 0.1) is 0 Å². The van der Waals surface area contributed by atoms with Crippen LogP contribution in [0.15, 0.2) is 36.8 Å². The van der Waals surface area contributed by atoms with E-state index in [0.29, 0.717) is 6.61 Å². The van der Waals surface area contributed by atoms with Gasteiger partial charge < -0.3 is 14.2 Å². The molecular formula is C14H16O4. The summed E-state index contributed by atoms with van der Waals surface area (Å²) in [7, 11) is 0. The number of carbonyl (C=O) groups is 1. The fourth-order valence-electron chi connectivity index (χ4n) is 1.82. The van der Waals surface area contributed by atoms with E-state index in [2.05, 4.69) is 0 Å². The van der Waals surface area contributed by atoms with Crippen LogP contribution in [0.1, 0.15) is 25.0 Å². The van der Waals surface area contributed by atoms with Gasteiger partial charge in [0.2, 0.25) is 0 Å². The summed E-state index contributed by atoms with van der Waals surface area (Å²) < 4.78 is 15.8. The summed E-state index contributed by atoms with van der Waals surface area (Å²) in [5.74, 6) is -1.03. The van der Waals surface area contributed by atoms with Crippen molar-refractivity contribution < 1.29 is 19.0 Å². The van der Waals surface area contributed by atoms with Gasteiger partial charge in [-0.3, -0.25) is 4.79 Å². The fraction of sp³-hybridized carbons (Fsp3) is 0.357. The van der Waals surface area contributed by atoms with E-state index in [1.54, 1.807) is 6.92 Å². The highest BCUT2D eigenvalue weighted by Gasteiger charge is 2.32. The second kappa shape index (κ2) is 5.12. The Kier molecular flexibility index (Phi) is 3.55.